The normalized spacial score (nSPS) is 10.5. The van der Waals surface area contributed by atoms with Crippen molar-refractivity contribution in [2.24, 2.45) is 0 Å². The van der Waals surface area contributed by atoms with Gasteiger partial charge in [0.2, 0.25) is 5.95 Å². The van der Waals surface area contributed by atoms with E-state index in [1.54, 1.807) is 36.3 Å². The molecule has 5 nitrogen and oxygen atoms in total. The summed E-state index contributed by atoms with van der Waals surface area (Å²) in [4.78, 5) is 8.54. The number of anilines is 1. The second-order valence-electron chi connectivity index (χ2n) is 3.07. The molecule has 0 amide bonds. The summed E-state index contributed by atoms with van der Waals surface area (Å²) in [5.74, 6) is 0.618. The largest absolute Gasteiger partial charge is 0.357 e. The van der Waals surface area contributed by atoms with Crippen molar-refractivity contribution in [2.45, 2.75) is 20.6 Å². The van der Waals surface area contributed by atoms with E-state index in [9.17, 15) is 0 Å². The van der Waals surface area contributed by atoms with Crippen LogP contribution in [0.1, 0.15) is 5.56 Å². The highest BCUT2D eigenvalue weighted by Gasteiger charge is 2.09. The molecule has 0 spiro atoms. The van der Waals surface area contributed by atoms with E-state index >= 15 is 0 Å². The maximum absolute atomic E-state index is 4.39. The second kappa shape index (κ2) is 5.65. The highest BCUT2D eigenvalue weighted by atomic mass is 32.2. The molecule has 0 fully saturated rings. The summed E-state index contributed by atoms with van der Waals surface area (Å²) in [6, 6.07) is 0. The van der Waals surface area contributed by atoms with E-state index < -0.39 is 0 Å². The Labute approximate surface area is 112 Å². The van der Waals surface area contributed by atoms with Crippen LogP contribution in [-0.4, -0.2) is 33.5 Å². The van der Waals surface area contributed by atoms with Crippen molar-refractivity contribution in [2.75, 3.05) is 18.6 Å². The summed E-state index contributed by atoms with van der Waals surface area (Å²) >= 11 is 4.69. The molecule has 0 aliphatic heterocycles. The zero-order chi connectivity index (χ0) is 12.3. The fraction of sp³-hybridized carbons (Fsp3) is 0.333. The second-order valence-corrected chi connectivity index (χ2v) is 6.34. The summed E-state index contributed by atoms with van der Waals surface area (Å²) in [6.07, 6.45) is 3.79. The average Bonchev–Trinajstić information content (AvgIpc) is 2.80. The molecule has 1 N–H and O–H groups in total. The highest BCUT2D eigenvalue weighted by Crippen LogP contribution is 2.33. The third kappa shape index (κ3) is 3.08. The zero-order valence-corrected chi connectivity index (χ0v) is 12.0. The minimum Gasteiger partial charge on any atom is -0.357 e. The molecule has 0 aliphatic rings. The molecule has 0 aromatic carbocycles. The molecule has 0 radical (unpaired) electrons. The maximum atomic E-state index is 4.39. The summed E-state index contributed by atoms with van der Waals surface area (Å²) in [5.41, 5.74) is 1.04. The molecule has 0 saturated carbocycles. The van der Waals surface area contributed by atoms with Crippen LogP contribution in [0.4, 0.5) is 5.95 Å². The van der Waals surface area contributed by atoms with E-state index in [1.807, 2.05) is 13.2 Å². The lowest BCUT2D eigenvalue weighted by Crippen LogP contribution is -1.98. The van der Waals surface area contributed by atoms with Crippen LogP contribution >= 0.6 is 34.9 Å². The van der Waals surface area contributed by atoms with Gasteiger partial charge >= 0.3 is 0 Å². The van der Waals surface area contributed by atoms with Gasteiger partial charge in [-0.3, -0.25) is 0 Å². The molecule has 0 aliphatic carbocycles. The van der Waals surface area contributed by atoms with Gasteiger partial charge in [0.1, 0.15) is 5.03 Å². The van der Waals surface area contributed by atoms with Crippen molar-refractivity contribution < 1.29 is 0 Å². The average molecular weight is 285 g/mol. The van der Waals surface area contributed by atoms with Crippen LogP contribution in [0.25, 0.3) is 0 Å². The molecule has 90 valence electrons. The number of aryl methyl sites for hydroxylation is 1. The molecule has 17 heavy (non-hydrogen) atoms. The Morgan fingerprint density at radius 2 is 2.06 bits per heavy atom. The maximum Gasteiger partial charge on any atom is 0.223 e. The highest BCUT2D eigenvalue weighted by molar-refractivity contribution is 8.03. The monoisotopic (exact) mass is 285 g/mol. The van der Waals surface area contributed by atoms with Gasteiger partial charge in [-0.2, -0.15) is 0 Å². The van der Waals surface area contributed by atoms with Gasteiger partial charge < -0.3 is 5.32 Å². The summed E-state index contributed by atoms with van der Waals surface area (Å²) in [5, 5.41) is 12.0. The van der Waals surface area contributed by atoms with E-state index in [0.29, 0.717) is 5.95 Å². The topological polar surface area (TPSA) is 63.6 Å². The SMILES string of the molecule is CNc1ncc(C)c(Sc2nnc(SC)s2)n1. The van der Waals surface area contributed by atoms with Gasteiger partial charge in [-0.25, -0.2) is 9.97 Å². The Bertz CT molecular complexity index is 513. The van der Waals surface area contributed by atoms with Crippen molar-refractivity contribution >= 4 is 40.8 Å². The number of hydrogen-bond donors (Lipinski definition) is 1. The van der Waals surface area contributed by atoms with Crippen molar-refractivity contribution in [1.82, 2.24) is 20.2 Å². The molecule has 2 aromatic rings. The first-order valence-electron chi connectivity index (χ1n) is 4.79. The number of rotatable bonds is 4. The van der Waals surface area contributed by atoms with Crippen LogP contribution in [-0.2, 0) is 0 Å². The Balaban J connectivity index is 2.22. The Hall–Kier alpha value is -0.860. The van der Waals surface area contributed by atoms with Crippen molar-refractivity contribution in [1.29, 1.82) is 0 Å². The number of hydrogen-bond acceptors (Lipinski definition) is 8. The predicted molar refractivity (Wildman–Crippen MR) is 72.1 cm³/mol. The fourth-order valence-electron chi connectivity index (χ4n) is 1.05. The number of aromatic nitrogens is 4. The lowest BCUT2D eigenvalue weighted by atomic mass is 10.4. The van der Waals surface area contributed by atoms with Crippen molar-refractivity contribution in [3.63, 3.8) is 0 Å². The lowest BCUT2D eigenvalue weighted by Gasteiger charge is -2.03. The Morgan fingerprint density at radius 1 is 1.29 bits per heavy atom. The van der Waals surface area contributed by atoms with Gasteiger partial charge in [-0.1, -0.05) is 23.1 Å². The minimum atomic E-state index is 0.618. The van der Waals surface area contributed by atoms with Gasteiger partial charge in [0.15, 0.2) is 8.68 Å². The van der Waals surface area contributed by atoms with Gasteiger partial charge in [0, 0.05) is 18.8 Å². The minimum absolute atomic E-state index is 0.618. The third-order valence-electron chi connectivity index (χ3n) is 1.90. The van der Waals surface area contributed by atoms with Crippen LogP contribution < -0.4 is 5.32 Å². The third-order valence-corrected chi connectivity index (χ3v) is 4.95. The van der Waals surface area contributed by atoms with Crippen molar-refractivity contribution in [3.05, 3.63) is 11.8 Å². The molecule has 2 heterocycles. The van der Waals surface area contributed by atoms with Crippen molar-refractivity contribution in [3.8, 4) is 0 Å². The van der Waals surface area contributed by atoms with E-state index in [2.05, 4.69) is 25.5 Å². The zero-order valence-electron chi connectivity index (χ0n) is 9.59. The molecular formula is C9H11N5S3. The van der Waals surface area contributed by atoms with Crippen LogP contribution in [0, 0.1) is 6.92 Å². The summed E-state index contributed by atoms with van der Waals surface area (Å²) in [6.45, 7) is 1.98. The Kier molecular flexibility index (Phi) is 4.19. The van der Waals surface area contributed by atoms with Crippen LogP contribution in [0.15, 0.2) is 19.9 Å². The van der Waals surface area contributed by atoms with Crippen LogP contribution in [0.5, 0.6) is 0 Å². The molecular weight excluding hydrogens is 274 g/mol. The molecule has 0 unspecified atom stereocenters. The predicted octanol–water partition coefficient (Wildman–Crippen LogP) is 2.55. The number of nitrogens with one attached hydrogen (secondary N) is 1. The summed E-state index contributed by atoms with van der Waals surface area (Å²) < 4.78 is 1.87. The van der Waals surface area contributed by atoms with E-state index in [-0.39, 0.29) is 0 Å². The number of thioether (sulfide) groups is 1. The van der Waals surface area contributed by atoms with Gasteiger partial charge in [0.25, 0.3) is 0 Å². The standard InChI is InChI=1S/C9H11N5S3/c1-5-4-11-7(10-2)12-6(5)16-9-14-13-8(15-3)17-9/h4H,1-3H3,(H,10,11,12). The lowest BCUT2D eigenvalue weighted by molar-refractivity contribution is 0.948. The smallest absolute Gasteiger partial charge is 0.223 e. The summed E-state index contributed by atoms with van der Waals surface area (Å²) in [7, 11) is 1.80. The first kappa shape index (κ1) is 12.6. The molecule has 2 aromatic heterocycles. The Morgan fingerprint density at radius 3 is 2.71 bits per heavy atom. The molecule has 0 bridgehead atoms. The fourth-order valence-corrected chi connectivity index (χ4v) is 3.45. The quantitative estimate of drug-likeness (QED) is 0.684. The number of nitrogens with zero attached hydrogens (tertiary/aromatic N) is 4. The van der Waals surface area contributed by atoms with E-state index in [0.717, 1.165) is 19.3 Å². The molecule has 0 atom stereocenters. The molecule has 2 rings (SSSR count). The van der Waals surface area contributed by atoms with Crippen LogP contribution in [0.2, 0.25) is 0 Å². The molecule has 0 saturated heterocycles. The van der Waals surface area contributed by atoms with Gasteiger partial charge in [-0.15, -0.1) is 10.2 Å². The van der Waals surface area contributed by atoms with E-state index in [4.69, 9.17) is 0 Å². The first-order valence-corrected chi connectivity index (χ1v) is 7.65. The van der Waals surface area contributed by atoms with Gasteiger partial charge in [0.05, 0.1) is 0 Å². The van der Waals surface area contributed by atoms with Gasteiger partial charge in [-0.05, 0) is 24.9 Å². The first-order chi connectivity index (χ1) is 8.22. The van der Waals surface area contributed by atoms with Crippen LogP contribution in [0.3, 0.4) is 0 Å². The molecule has 8 heteroatoms. The van der Waals surface area contributed by atoms with E-state index in [1.165, 1.54) is 11.8 Å².